The van der Waals surface area contributed by atoms with Gasteiger partial charge in [-0.3, -0.25) is 9.59 Å². The monoisotopic (exact) mass is 368 g/mol. The molecule has 1 unspecified atom stereocenters. The summed E-state index contributed by atoms with van der Waals surface area (Å²) in [5, 5.41) is 2.90. The first-order chi connectivity index (χ1) is 13.0. The first-order valence-corrected chi connectivity index (χ1v) is 9.31. The van der Waals surface area contributed by atoms with Crippen molar-refractivity contribution in [2.75, 3.05) is 13.1 Å². The smallest absolute Gasteiger partial charge is 0.227 e. The summed E-state index contributed by atoms with van der Waals surface area (Å²) in [5.74, 6) is -0.364. The summed E-state index contributed by atoms with van der Waals surface area (Å²) in [7, 11) is 0. The van der Waals surface area contributed by atoms with E-state index in [1.807, 2.05) is 37.3 Å². The number of halogens is 1. The summed E-state index contributed by atoms with van der Waals surface area (Å²) in [6.07, 6.45) is 1.88. The van der Waals surface area contributed by atoms with Gasteiger partial charge in [0.1, 0.15) is 5.82 Å². The van der Waals surface area contributed by atoms with Crippen molar-refractivity contribution >= 4 is 11.8 Å². The molecule has 0 aliphatic carbocycles. The van der Waals surface area contributed by atoms with Gasteiger partial charge in [0, 0.05) is 19.6 Å². The number of rotatable bonds is 5. The lowest BCUT2D eigenvalue weighted by Gasteiger charge is -2.39. The van der Waals surface area contributed by atoms with Crippen molar-refractivity contribution in [2.24, 2.45) is 5.41 Å². The van der Waals surface area contributed by atoms with E-state index in [0.717, 1.165) is 24.0 Å². The van der Waals surface area contributed by atoms with Crippen LogP contribution in [0, 0.1) is 11.2 Å². The van der Waals surface area contributed by atoms with Gasteiger partial charge in [0.25, 0.3) is 0 Å². The van der Waals surface area contributed by atoms with Crippen LogP contribution in [0.2, 0.25) is 0 Å². The molecule has 1 aliphatic rings. The van der Waals surface area contributed by atoms with Crippen LogP contribution in [-0.4, -0.2) is 29.8 Å². The lowest BCUT2D eigenvalue weighted by atomic mass is 9.80. The van der Waals surface area contributed by atoms with Crippen molar-refractivity contribution in [3.05, 3.63) is 71.5 Å². The lowest BCUT2D eigenvalue weighted by molar-refractivity contribution is -0.140. The maximum Gasteiger partial charge on any atom is 0.227 e. The van der Waals surface area contributed by atoms with E-state index >= 15 is 0 Å². The third-order valence-corrected chi connectivity index (χ3v) is 5.14. The molecule has 2 amide bonds. The number of nitrogens with zero attached hydrogens (tertiary/aromatic N) is 1. The third-order valence-electron chi connectivity index (χ3n) is 5.14. The van der Waals surface area contributed by atoms with E-state index in [-0.39, 0.29) is 24.2 Å². The Morgan fingerprint density at radius 1 is 1.11 bits per heavy atom. The number of piperidine rings is 1. The minimum atomic E-state index is -0.627. The minimum absolute atomic E-state index is 0.0463. The second-order valence-corrected chi connectivity index (χ2v) is 7.45. The Labute approximate surface area is 159 Å². The van der Waals surface area contributed by atoms with Crippen LogP contribution >= 0.6 is 0 Å². The number of hydrogen-bond acceptors (Lipinski definition) is 2. The van der Waals surface area contributed by atoms with Crippen LogP contribution in [0.25, 0.3) is 0 Å². The zero-order valence-electron chi connectivity index (χ0n) is 15.6. The van der Waals surface area contributed by atoms with E-state index < -0.39 is 5.41 Å². The number of carbonyl (C=O) groups excluding carboxylic acids is 2. The zero-order valence-corrected chi connectivity index (χ0v) is 15.6. The molecule has 1 heterocycles. The molecule has 1 N–H and O–H groups in total. The molecule has 27 heavy (non-hydrogen) atoms. The van der Waals surface area contributed by atoms with Gasteiger partial charge in [-0.05, 0) is 43.0 Å². The summed E-state index contributed by atoms with van der Waals surface area (Å²) in [5.41, 5.74) is 1.07. The highest BCUT2D eigenvalue weighted by Crippen LogP contribution is 2.30. The normalized spacial score (nSPS) is 19.6. The fourth-order valence-corrected chi connectivity index (χ4v) is 3.56. The molecule has 1 fully saturated rings. The molecule has 2 aromatic rings. The molecule has 0 aromatic heterocycles. The van der Waals surface area contributed by atoms with Crippen LogP contribution < -0.4 is 5.32 Å². The largest absolute Gasteiger partial charge is 0.351 e. The maximum atomic E-state index is 13.3. The first-order valence-electron chi connectivity index (χ1n) is 9.31. The van der Waals surface area contributed by atoms with Gasteiger partial charge >= 0.3 is 0 Å². The Balaban J connectivity index is 1.59. The highest BCUT2D eigenvalue weighted by Gasteiger charge is 2.39. The van der Waals surface area contributed by atoms with Gasteiger partial charge in [0.05, 0.1) is 11.8 Å². The van der Waals surface area contributed by atoms with E-state index in [1.165, 1.54) is 12.1 Å². The van der Waals surface area contributed by atoms with Crippen LogP contribution in [0.1, 0.15) is 30.9 Å². The van der Waals surface area contributed by atoms with Crippen LogP contribution in [0.5, 0.6) is 0 Å². The predicted molar refractivity (Wildman–Crippen MR) is 102 cm³/mol. The number of likely N-dealkylation sites (tertiary alicyclic amines) is 1. The summed E-state index contributed by atoms with van der Waals surface area (Å²) in [4.78, 5) is 27.2. The Hall–Kier alpha value is -2.69. The number of hydrogen-bond donors (Lipinski definition) is 1. The number of nitrogens with one attached hydrogen (secondary N) is 1. The van der Waals surface area contributed by atoms with Gasteiger partial charge in [-0.2, -0.15) is 0 Å². The van der Waals surface area contributed by atoms with Crippen molar-refractivity contribution in [1.82, 2.24) is 10.2 Å². The summed E-state index contributed by atoms with van der Waals surface area (Å²) < 4.78 is 13.3. The van der Waals surface area contributed by atoms with Crippen molar-refractivity contribution < 1.29 is 14.0 Å². The maximum absolute atomic E-state index is 13.3. The molecular weight excluding hydrogens is 343 g/mol. The van der Waals surface area contributed by atoms with E-state index in [0.29, 0.717) is 19.5 Å². The zero-order chi connectivity index (χ0) is 19.3. The third kappa shape index (κ3) is 4.94. The molecule has 5 heteroatoms. The van der Waals surface area contributed by atoms with Gasteiger partial charge in [-0.15, -0.1) is 0 Å². The minimum Gasteiger partial charge on any atom is -0.351 e. The molecule has 142 valence electrons. The van der Waals surface area contributed by atoms with E-state index in [9.17, 15) is 14.0 Å². The Kier molecular flexibility index (Phi) is 5.89. The Bertz CT molecular complexity index is 809. The quantitative estimate of drug-likeness (QED) is 0.880. The SMILES string of the molecule is CC1(C(=O)NCc2cccc(F)c2)CCCN(C(=O)Cc2ccccc2)C1. The standard InChI is InChI=1S/C22H25FN2O2/c1-22(21(27)24-15-18-9-5-10-19(23)13-18)11-6-12-25(16-22)20(26)14-17-7-3-2-4-8-17/h2-5,7-10,13H,6,11-12,14-16H2,1H3,(H,24,27). The van der Waals surface area contributed by atoms with Gasteiger partial charge < -0.3 is 10.2 Å². The molecule has 0 bridgehead atoms. The number of amides is 2. The van der Waals surface area contributed by atoms with Crippen LogP contribution in [0.3, 0.4) is 0 Å². The Morgan fingerprint density at radius 2 is 1.85 bits per heavy atom. The number of benzene rings is 2. The molecule has 0 spiro atoms. The average Bonchev–Trinajstić information content (AvgIpc) is 2.67. The molecule has 1 atom stereocenters. The van der Waals surface area contributed by atoms with E-state index in [1.54, 1.807) is 17.0 Å². The van der Waals surface area contributed by atoms with Gasteiger partial charge in [-0.25, -0.2) is 4.39 Å². The van der Waals surface area contributed by atoms with Crippen LogP contribution in [-0.2, 0) is 22.6 Å². The molecule has 0 radical (unpaired) electrons. The lowest BCUT2D eigenvalue weighted by Crippen LogP contribution is -2.52. The first kappa shape index (κ1) is 19.1. The van der Waals surface area contributed by atoms with Crippen molar-refractivity contribution in [2.45, 2.75) is 32.7 Å². The van der Waals surface area contributed by atoms with Gasteiger partial charge in [0.15, 0.2) is 0 Å². The van der Waals surface area contributed by atoms with Gasteiger partial charge in [0.2, 0.25) is 11.8 Å². The predicted octanol–water partition coefficient (Wildman–Crippen LogP) is 3.31. The molecule has 0 saturated carbocycles. The molecule has 2 aromatic carbocycles. The van der Waals surface area contributed by atoms with E-state index in [2.05, 4.69) is 5.32 Å². The van der Waals surface area contributed by atoms with Crippen molar-refractivity contribution in [3.63, 3.8) is 0 Å². The molecule has 3 rings (SSSR count). The molecule has 4 nitrogen and oxygen atoms in total. The summed E-state index contributed by atoms with van der Waals surface area (Å²) >= 11 is 0. The Morgan fingerprint density at radius 3 is 2.59 bits per heavy atom. The number of carbonyl (C=O) groups is 2. The van der Waals surface area contributed by atoms with Crippen LogP contribution in [0.4, 0.5) is 4.39 Å². The van der Waals surface area contributed by atoms with E-state index in [4.69, 9.17) is 0 Å². The second-order valence-electron chi connectivity index (χ2n) is 7.45. The molecule has 1 aliphatic heterocycles. The fraction of sp³-hybridized carbons (Fsp3) is 0.364. The molecular formula is C22H25FN2O2. The van der Waals surface area contributed by atoms with Crippen molar-refractivity contribution in [1.29, 1.82) is 0 Å². The summed E-state index contributed by atoms with van der Waals surface area (Å²) in [6, 6.07) is 15.8. The fourth-order valence-electron chi connectivity index (χ4n) is 3.56. The topological polar surface area (TPSA) is 49.4 Å². The second kappa shape index (κ2) is 8.33. The van der Waals surface area contributed by atoms with Gasteiger partial charge in [-0.1, -0.05) is 42.5 Å². The summed E-state index contributed by atoms with van der Waals surface area (Å²) in [6.45, 7) is 3.27. The highest BCUT2D eigenvalue weighted by molar-refractivity contribution is 5.84. The molecule has 1 saturated heterocycles. The average molecular weight is 368 g/mol. The highest BCUT2D eigenvalue weighted by atomic mass is 19.1. The van der Waals surface area contributed by atoms with Crippen molar-refractivity contribution in [3.8, 4) is 0 Å². The van der Waals surface area contributed by atoms with Crippen LogP contribution in [0.15, 0.2) is 54.6 Å².